The van der Waals surface area contributed by atoms with E-state index in [4.69, 9.17) is 22.5 Å². The van der Waals surface area contributed by atoms with Crippen LogP contribution in [0.1, 0.15) is 12.5 Å². The summed E-state index contributed by atoms with van der Waals surface area (Å²) in [5.41, 5.74) is 6.61. The molecule has 21 heavy (non-hydrogen) atoms. The fraction of sp³-hybridized carbons (Fsp3) is 0.133. The smallest absolute Gasteiger partial charge is 0.172 e. The fourth-order valence-corrected chi connectivity index (χ4v) is 3.99. The molecule has 3 nitrogen and oxygen atoms in total. The molecule has 0 saturated carbocycles. The van der Waals surface area contributed by atoms with Crippen LogP contribution in [0.5, 0.6) is 0 Å². The lowest BCUT2D eigenvalue weighted by molar-refractivity contribution is 0.318. The second-order valence-electron chi connectivity index (χ2n) is 4.08. The molecule has 2 aromatic rings. The topological polar surface area (TPSA) is 58.6 Å². The van der Waals surface area contributed by atoms with Crippen molar-refractivity contribution in [3.8, 4) is 0 Å². The van der Waals surface area contributed by atoms with Crippen LogP contribution in [0.2, 0.25) is 5.02 Å². The Morgan fingerprint density at radius 1 is 1.14 bits per heavy atom. The van der Waals surface area contributed by atoms with E-state index < -0.39 is 0 Å². The fourth-order valence-electron chi connectivity index (χ4n) is 1.82. The third-order valence-electron chi connectivity index (χ3n) is 2.71. The Balaban J connectivity index is 2.48. The van der Waals surface area contributed by atoms with Gasteiger partial charge in [-0.2, -0.15) is 0 Å². The van der Waals surface area contributed by atoms with E-state index in [1.165, 1.54) is 11.8 Å². The molecule has 6 heteroatoms. The molecule has 0 fully saturated rings. The van der Waals surface area contributed by atoms with Crippen molar-refractivity contribution >= 4 is 41.0 Å². The first-order chi connectivity index (χ1) is 10.2. The van der Waals surface area contributed by atoms with Crippen molar-refractivity contribution in [2.24, 2.45) is 10.9 Å². The molecule has 0 bridgehead atoms. The Bertz CT molecular complexity index is 662. The van der Waals surface area contributed by atoms with Gasteiger partial charge in [-0.15, -0.1) is 11.8 Å². The van der Waals surface area contributed by atoms with E-state index in [1.807, 2.05) is 42.5 Å². The summed E-state index contributed by atoms with van der Waals surface area (Å²) in [6.07, 6.45) is 0. The standard InChI is InChI=1S/C15H15ClN2OS2/c1-2-20-12-8-5-9-13(14(12)15(17)18-19)21-11-7-4-3-6-10(11)16/h3-9,19H,2H2,1H3,(H2,17,18). The van der Waals surface area contributed by atoms with Crippen LogP contribution in [-0.4, -0.2) is 16.8 Å². The largest absolute Gasteiger partial charge is 0.409 e. The van der Waals surface area contributed by atoms with Crippen LogP contribution in [-0.2, 0) is 0 Å². The summed E-state index contributed by atoms with van der Waals surface area (Å²) in [6, 6.07) is 13.5. The predicted octanol–water partition coefficient (Wildman–Crippen LogP) is 4.70. The summed E-state index contributed by atoms with van der Waals surface area (Å²) < 4.78 is 0. The van der Waals surface area contributed by atoms with E-state index >= 15 is 0 Å². The van der Waals surface area contributed by atoms with E-state index in [-0.39, 0.29) is 5.84 Å². The maximum atomic E-state index is 9.04. The minimum Gasteiger partial charge on any atom is -0.409 e. The van der Waals surface area contributed by atoms with Crippen LogP contribution in [0.15, 0.2) is 62.3 Å². The summed E-state index contributed by atoms with van der Waals surface area (Å²) in [5.74, 6) is 1.02. The molecule has 0 aromatic heterocycles. The SMILES string of the molecule is CCSc1cccc(Sc2ccccc2Cl)c1/C(N)=N/O. The number of nitrogens with two attached hydrogens (primary N) is 1. The lowest BCUT2D eigenvalue weighted by Crippen LogP contribution is -2.15. The Hall–Kier alpha value is -1.30. The third kappa shape index (κ3) is 3.87. The van der Waals surface area contributed by atoms with E-state index in [9.17, 15) is 0 Å². The first-order valence-electron chi connectivity index (χ1n) is 6.33. The average Bonchev–Trinajstić information content (AvgIpc) is 2.49. The van der Waals surface area contributed by atoms with Gasteiger partial charge in [0.05, 0.1) is 5.02 Å². The molecule has 0 aliphatic heterocycles. The molecular formula is C15H15ClN2OS2. The minimum absolute atomic E-state index is 0.112. The van der Waals surface area contributed by atoms with Gasteiger partial charge in [0.15, 0.2) is 5.84 Å². The molecule has 110 valence electrons. The van der Waals surface area contributed by atoms with Crippen molar-refractivity contribution in [3.63, 3.8) is 0 Å². The Morgan fingerprint density at radius 2 is 1.81 bits per heavy atom. The molecule has 0 atom stereocenters. The third-order valence-corrected chi connectivity index (χ3v) is 5.23. The van der Waals surface area contributed by atoms with Gasteiger partial charge in [-0.05, 0) is 30.0 Å². The van der Waals surface area contributed by atoms with Crippen LogP contribution in [0.4, 0.5) is 0 Å². The summed E-state index contributed by atoms with van der Waals surface area (Å²) >= 11 is 9.37. The van der Waals surface area contributed by atoms with Crippen molar-refractivity contribution < 1.29 is 5.21 Å². The lowest BCUT2D eigenvalue weighted by atomic mass is 10.2. The maximum absolute atomic E-state index is 9.04. The highest BCUT2D eigenvalue weighted by atomic mass is 35.5. The molecule has 0 saturated heterocycles. The van der Waals surface area contributed by atoms with E-state index in [0.717, 1.165) is 26.0 Å². The molecule has 0 spiro atoms. The molecule has 0 aliphatic carbocycles. The Labute approximate surface area is 137 Å². The van der Waals surface area contributed by atoms with Crippen molar-refractivity contribution in [2.75, 3.05) is 5.75 Å². The zero-order valence-electron chi connectivity index (χ0n) is 11.4. The number of oxime groups is 1. The second-order valence-corrected chi connectivity index (χ2v) is 6.88. The van der Waals surface area contributed by atoms with Crippen LogP contribution < -0.4 is 5.73 Å². The number of hydrogen-bond acceptors (Lipinski definition) is 4. The summed E-state index contributed by atoms with van der Waals surface area (Å²) in [6.45, 7) is 2.06. The van der Waals surface area contributed by atoms with E-state index in [0.29, 0.717) is 5.02 Å². The molecule has 0 aliphatic rings. The first-order valence-corrected chi connectivity index (χ1v) is 8.51. The van der Waals surface area contributed by atoms with Gasteiger partial charge < -0.3 is 10.9 Å². The number of thioether (sulfide) groups is 1. The summed E-state index contributed by atoms with van der Waals surface area (Å²) in [7, 11) is 0. The highest BCUT2D eigenvalue weighted by molar-refractivity contribution is 8.00. The van der Waals surface area contributed by atoms with Crippen LogP contribution in [0, 0.1) is 0 Å². The van der Waals surface area contributed by atoms with Gasteiger partial charge >= 0.3 is 0 Å². The van der Waals surface area contributed by atoms with Gasteiger partial charge in [-0.3, -0.25) is 0 Å². The van der Waals surface area contributed by atoms with Gasteiger partial charge in [0.2, 0.25) is 0 Å². The van der Waals surface area contributed by atoms with E-state index in [1.54, 1.807) is 11.8 Å². The molecular weight excluding hydrogens is 324 g/mol. The molecule has 0 amide bonds. The Morgan fingerprint density at radius 3 is 2.48 bits per heavy atom. The van der Waals surface area contributed by atoms with E-state index in [2.05, 4.69) is 12.1 Å². The van der Waals surface area contributed by atoms with Crippen LogP contribution in [0.25, 0.3) is 0 Å². The zero-order valence-corrected chi connectivity index (χ0v) is 13.8. The number of rotatable bonds is 5. The summed E-state index contributed by atoms with van der Waals surface area (Å²) in [4.78, 5) is 2.84. The predicted molar refractivity (Wildman–Crippen MR) is 90.9 cm³/mol. The minimum atomic E-state index is 0.112. The molecule has 0 unspecified atom stereocenters. The van der Waals surface area contributed by atoms with Crippen molar-refractivity contribution in [3.05, 3.63) is 53.1 Å². The average molecular weight is 339 g/mol. The van der Waals surface area contributed by atoms with Crippen molar-refractivity contribution in [1.29, 1.82) is 0 Å². The molecule has 2 rings (SSSR count). The molecule has 0 heterocycles. The highest BCUT2D eigenvalue weighted by Crippen LogP contribution is 2.38. The van der Waals surface area contributed by atoms with Crippen molar-refractivity contribution in [1.82, 2.24) is 0 Å². The molecule has 0 radical (unpaired) electrons. The highest BCUT2D eigenvalue weighted by Gasteiger charge is 2.15. The van der Waals surface area contributed by atoms with Gasteiger partial charge in [0.1, 0.15) is 0 Å². The Kier molecular flexibility index (Phi) is 5.85. The lowest BCUT2D eigenvalue weighted by Gasteiger charge is -2.13. The molecule has 3 N–H and O–H groups in total. The maximum Gasteiger partial charge on any atom is 0.172 e. The quantitative estimate of drug-likeness (QED) is 0.273. The number of nitrogens with zero attached hydrogens (tertiary/aromatic N) is 1. The van der Waals surface area contributed by atoms with Gasteiger partial charge in [-0.1, -0.05) is 53.6 Å². The van der Waals surface area contributed by atoms with Gasteiger partial charge in [0.25, 0.3) is 0 Å². The van der Waals surface area contributed by atoms with Gasteiger partial charge in [-0.25, -0.2) is 0 Å². The number of amidine groups is 1. The summed E-state index contributed by atoms with van der Waals surface area (Å²) in [5, 5.41) is 12.9. The van der Waals surface area contributed by atoms with Crippen molar-refractivity contribution in [2.45, 2.75) is 21.6 Å². The second kappa shape index (κ2) is 7.64. The number of benzene rings is 2. The first kappa shape index (κ1) is 16.1. The van der Waals surface area contributed by atoms with Gasteiger partial charge in [0, 0.05) is 20.2 Å². The normalized spacial score (nSPS) is 11.6. The zero-order chi connectivity index (χ0) is 15.2. The van der Waals surface area contributed by atoms with Crippen LogP contribution >= 0.6 is 35.1 Å². The molecule has 2 aromatic carbocycles. The number of halogens is 1. The monoisotopic (exact) mass is 338 g/mol. The van der Waals surface area contributed by atoms with Crippen LogP contribution in [0.3, 0.4) is 0 Å². The number of hydrogen-bond donors (Lipinski definition) is 2.